The summed E-state index contributed by atoms with van der Waals surface area (Å²) >= 11 is 0. The zero-order valence-electron chi connectivity index (χ0n) is 10.9. The van der Waals surface area contributed by atoms with Crippen molar-refractivity contribution in [3.05, 3.63) is 48.6 Å². The first-order chi connectivity index (χ1) is 9.22. The second-order valence-corrected chi connectivity index (χ2v) is 4.67. The lowest BCUT2D eigenvalue weighted by Crippen LogP contribution is -2.42. The van der Waals surface area contributed by atoms with Crippen LogP contribution < -0.4 is 0 Å². The molecule has 2 rings (SSSR count). The molecule has 1 aliphatic heterocycles. The van der Waals surface area contributed by atoms with E-state index >= 15 is 0 Å². The molecule has 0 spiro atoms. The summed E-state index contributed by atoms with van der Waals surface area (Å²) < 4.78 is 5.28. The Morgan fingerprint density at radius 2 is 2.26 bits per heavy atom. The first-order valence-electron chi connectivity index (χ1n) is 6.50. The predicted molar refractivity (Wildman–Crippen MR) is 72.6 cm³/mol. The lowest BCUT2D eigenvalue weighted by molar-refractivity contribution is 0.0639. The van der Waals surface area contributed by atoms with E-state index in [1.54, 1.807) is 4.90 Å². The quantitative estimate of drug-likeness (QED) is 0.846. The molecule has 0 aromatic heterocycles. The summed E-state index contributed by atoms with van der Waals surface area (Å²) in [5.41, 5.74) is 0.955. The monoisotopic (exact) mass is 261 g/mol. The fraction of sp³-hybridized carbons (Fsp3) is 0.400. The van der Waals surface area contributed by atoms with Crippen LogP contribution >= 0.6 is 0 Å². The zero-order chi connectivity index (χ0) is 13.7. The van der Waals surface area contributed by atoms with Gasteiger partial charge in [-0.2, -0.15) is 0 Å². The lowest BCUT2D eigenvalue weighted by atomic mass is 10.1. The van der Waals surface area contributed by atoms with Crippen LogP contribution in [0.4, 0.5) is 4.79 Å². The van der Waals surface area contributed by atoms with E-state index in [1.165, 1.54) is 6.08 Å². The Bertz CT molecular complexity index is 432. The third-order valence-corrected chi connectivity index (χ3v) is 3.37. The summed E-state index contributed by atoms with van der Waals surface area (Å²) in [6.45, 7) is 4.45. The molecular formula is C15H19NO3. The van der Waals surface area contributed by atoms with E-state index in [2.05, 4.69) is 6.58 Å². The average molecular weight is 261 g/mol. The van der Waals surface area contributed by atoms with Crippen molar-refractivity contribution < 1.29 is 14.6 Å². The molecule has 2 atom stereocenters. The summed E-state index contributed by atoms with van der Waals surface area (Å²) in [5.74, 6) is 0. The molecule has 1 aromatic rings. The van der Waals surface area contributed by atoms with Gasteiger partial charge in [-0.1, -0.05) is 36.4 Å². The number of carbonyl (C=O) groups is 1. The Kier molecular flexibility index (Phi) is 4.58. The topological polar surface area (TPSA) is 49.8 Å². The molecule has 1 saturated heterocycles. The maximum Gasteiger partial charge on any atom is 0.410 e. The average Bonchev–Trinajstić information content (AvgIpc) is 2.94. The fourth-order valence-corrected chi connectivity index (χ4v) is 2.33. The van der Waals surface area contributed by atoms with Crippen LogP contribution in [0.1, 0.15) is 18.4 Å². The number of ether oxygens (including phenoxy) is 1. The predicted octanol–water partition coefficient (Wildman–Crippen LogP) is 2.33. The molecule has 4 nitrogen and oxygen atoms in total. The van der Waals surface area contributed by atoms with Gasteiger partial charge in [0.15, 0.2) is 0 Å². The van der Waals surface area contributed by atoms with Crippen molar-refractivity contribution >= 4 is 6.09 Å². The number of hydrogen-bond acceptors (Lipinski definition) is 3. The molecule has 1 N–H and O–H groups in total. The van der Waals surface area contributed by atoms with Crippen LogP contribution in [0.25, 0.3) is 0 Å². The van der Waals surface area contributed by atoms with Gasteiger partial charge < -0.3 is 14.7 Å². The molecule has 1 aromatic carbocycles. The van der Waals surface area contributed by atoms with Crippen molar-refractivity contribution in [2.45, 2.75) is 31.6 Å². The van der Waals surface area contributed by atoms with E-state index in [1.807, 2.05) is 30.3 Å². The van der Waals surface area contributed by atoms with E-state index in [0.717, 1.165) is 18.4 Å². The van der Waals surface area contributed by atoms with E-state index in [9.17, 15) is 9.90 Å². The third-order valence-electron chi connectivity index (χ3n) is 3.37. The van der Waals surface area contributed by atoms with Crippen LogP contribution in [0.3, 0.4) is 0 Å². The summed E-state index contributed by atoms with van der Waals surface area (Å²) in [5, 5.41) is 9.79. The van der Waals surface area contributed by atoms with Gasteiger partial charge in [-0.05, 0) is 18.4 Å². The van der Waals surface area contributed by atoms with Gasteiger partial charge in [0.05, 0.1) is 12.1 Å². The molecule has 1 heterocycles. The van der Waals surface area contributed by atoms with Crippen molar-refractivity contribution in [2.24, 2.45) is 0 Å². The largest absolute Gasteiger partial charge is 0.445 e. The fourth-order valence-electron chi connectivity index (χ4n) is 2.33. The van der Waals surface area contributed by atoms with Gasteiger partial charge >= 0.3 is 6.09 Å². The number of aliphatic hydroxyl groups is 1. The molecule has 0 saturated carbocycles. The molecule has 19 heavy (non-hydrogen) atoms. The maximum absolute atomic E-state index is 12.0. The SMILES string of the molecule is C=CC(O)C1CCCN1C(=O)OCc1ccccc1. The van der Waals surface area contributed by atoms with E-state index in [-0.39, 0.29) is 18.7 Å². The first kappa shape index (κ1) is 13.6. The van der Waals surface area contributed by atoms with Gasteiger partial charge in [-0.15, -0.1) is 6.58 Å². The number of hydrogen-bond donors (Lipinski definition) is 1. The summed E-state index contributed by atoms with van der Waals surface area (Å²) in [6.07, 6.45) is 2.08. The number of rotatable bonds is 4. The van der Waals surface area contributed by atoms with Crippen LogP contribution in [0.5, 0.6) is 0 Å². The minimum Gasteiger partial charge on any atom is -0.445 e. The Balaban J connectivity index is 1.90. The Morgan fingerprint density at radius 1 is 1.53 bits per heavy atom. The van der Waals surface area contributed by atoms with Gasteiger partial charge in [0.2, 0.25) is 0 Å². The molecule has 102 valence electrons. The Labute approximate surface area is 113 Å². The van der Waals surface area contributed by atoms with Crippen LogP contribution in [-0.2, 0) is 11.3 Å². The van der Waals surface area contributed by atoms with Crippen molar-refractivity contribution in [2.75, 3.05) is 6.54 Å². The molecule has 1 fully saturated rings. The van der Waals surface area contributed by atoms with Crippen molar-refractivity contribution in [3.8, 4) is 0 Å². The molecule has 0 bridgehead atoms. The van der Waals surface area contributed by atoms with Crippen molar-refractivity contribution in [3.63, 3.8) is 0 Å². The zero-order valence-corrected chi connectivity index (χ0v) is 10.9. The highest BCUT2D eigenvalue weighted by atomic mass is 16.6. The molecule has 2 unspecified atom stereocenters. The Hall–Kier alpha value is -1.81. The van der Waals surface area contributed by atoms with Gasteiger partial charge in [0, 0.05) is 6.54 Å². The lowest BCUT2D eigenvalue weighted by Gasteiger charge is -2.26. The molecule has 0 aliphatic carbocycles. The molecule has 1 aliphatic rings. The van der Waals surface area contributed by atoms with E-state index in [0.29, 0.717) is 6.54 Å². The summed E-state index contributed by atoms with van der Waals surface area (Å²) in [6, 6.07) is 9.34. The highest BCUT2D eigenvalue weighted by Crippen LogP contribution is 2.22. The number of likely N-dealkylation sites (tertiary alicyclic amines) is 1. The van der Waals surface area contributed by atoms with Crippen LogP contribution in [0, 0.1) is 0 Å². The highest BCUT2D eigenvalue weighted by molar-refractivity contribution is 5.68. The molecule has 4 heteroatoms. The van der Waals surface area contributed by atoms with Gasteiger partial charge in [0.1, 0.15) is 6.61 Å². The molecule has 1 amide bonds. The number of amides is 1. The van der Waals surface area contributed by atoms with Crippen molar-refractivity contribution in [1.82, 2.24) is 4.90 Å². The summed E-state index contributed by atoms with van der Waals surface area (Å²) in [4.78, 5) is 13.6. The first-order valence-corrected chi connectivity index (χ1v) is 6.50. The number of aliphatic hydroxyl groups excluding tert-OH is 1. The standard InChI is InChI=1S/C15H19NO3/c1-2-14(17)13-9-6-10-16(13)15(18)19-11-12-7-4-3-5-8-12/h2-5,7-8,13-14,17H,1,6,9-11H2. The van der Waals surface area contributed by atoms with E-state index < -0.39 is 6.10 Å². The second kappa shape index (κ2) is 6.38. The normalized spacial score (nSPS) is 20.1. The third kappa shape index (κ3) is 3.35. The maximum atomic E-state index is 12.0. The smallest absolute Gasteiger partial charge is 0.410 e. The second-order valence-electron chi connectivity index (χ2n) is 4.67. The minimum absolute atomic E-state index is 0.208. The molecular weight excluding hydrogens is 242 g/mol. The molecule has 0 radical (unpaired) electrons. The number of benzene rings is 1. The number of nitrogens with zero attached hydrogens (tertiary/aromatic N) is 1. The van der Waals surface area contributed by atoms with Crippen LogP contribution in [-0.4, -0.2) is 34.8 Å². The van der Waals surface area contributed by atoms with E-state index in [4.69, 9.17) is 4.74 Å². The van der Waals surface area contributed by atoms with Gasteiger partial charge in [-0.3, -0.25) is 0 Å². The number of carbonyl (C=O) groups excluding carboxylic acids is 1. The summed E-state index contributed by atoms with van der Waals surface area (Å²) in [7, 11) is 0. The Morgan fingerprint density at radius 3 is 2.95 bits per heavy atom. The van der Waals surface area contributed by atoms with Gasteiger partial charge in [0.25, 0.3) is 0 Å². The highest BCUT2D eigenvalue weighted by Gasteiger charge is 2.33. The van der Waals surface area contributed by atoms with Gasteiger partial charge in [-0.25, -0.2) is 4.79 Å². The van der Waals surface area contributed by atoms with Crippen LogP contribution in [0.2, 0.25) is 0 Å². The van der Waals surface area contributed by atoms with Crippen LogP contribution in [0.15, 0.2) is 43.0 Å². The van der Waals surface area contributed by atoms with Crippen molar-refractivity contribution in [1.29, 1.82) is 0 Å². The minimum atomic E-state index is -0.688.